The number of nitrogens with one attached hydrogen (secondary N) is 1. The van der Waals surface area contributed by atoms with Crippen LogP contribution >= 0.6 is 0 Å². The number of ether oxygens (including phenoxy) is 1. The molecule has 3 rings (SSSR count). The Balaban J connectivity index is 1.52. The summed E-state index contributed by atoms with van der Waals surface area (Å²) >= 11 is 0. The second-order valence-corrected chi connectivity index (χ2v) is 5.48. The third kappa shape index (κ3) is 3.16. The zero-order chi connectivity index (χ0) is 13.9. The molecule has 2 aliphatic rings. The first-order chi connectivity index (χ1) is 9.70. The SMILES string of the molecule is Cc1nc(CN2CCC[C@@H](N[C@H]3CCOC3=O)C2)no1. The van der Waals surface area contributed by atoms with Crippen molar-refractivity contribution < 1.29 is 14.1 Å². The molecule has 0 aliphatic carbocycles. The van der Waals surface area contributed by atoms with Crippen molar-refractivity contribution in [1.82, 2.24) is 20.4 Å². The lowest BCUT2D eigenvalue weighted by Gasteiger charge is -2.33. The van der Waals surface area contributed by atoms with Gasteiger partial charge < -0.3 is 14.6 Å². The van der Waals surface area contributed by atoms with Crippen molar-refractivity contribution in [3.8, 4) is 0 Å². The summed E-state index contributed by atoms with van der Waals surface area (Å²) in [7, 11) is 0. The third-order valence-corrected chi connectivity index (χ3v) is 3.81. The molecule has 1 N–H and O–H groups in total. The van der Waals surface area contributed by atoms with Crippen molar-refractivity contribution in [2.24, 2.45) is 0 Å². The number of carbonyl (C=O) groups excluding carboxylic acids is 1. The molecule has 7 nitrogen and oxygen atoms in total. The van der Waals surface area contributed by atoms with E-state index >= 15 is 0 Å². The van der Waals surface area contributed by atoms with Crippen LogP contribution in [0.15, 0.2) is 4.52 Å². The van der Waals surface area contributed by atoms with E-state index in [0.717, 1.165) is 38.2 Å². The molecule has 0 amide bonds. The van der Waals surface area contributed by atoms with Crippen molar-refractivity contribution in [3.63, 3.8) is 0 Å². The van der Waals surface area contributed by atoms with Gasteiger partial charge in [0.2, 0.25) is 5.89 Å². The van der Waals surface area contributed by atoms with Crippen LogP contribution in [-0.2, 0) is 16.1 Å². The monoisotopic (exact) mass is 280 g/mol. The Morgan fingerprint density at radius 1 is 1.45 bits per heavy atom. The molecule has 110 valence electrons. The fraction of sp³-hybridized carbons (Fsp3) is 0.769. The minimum Gasteiger partial charge on any atom is -0.464 e. The molecule has 1 aromatic heterocycles. The molecule has 0 saturated carbocycles. The lowest BCUT2D eigenvalue weighted by atomic mass is 10.0. The molecule has 0 aromatic carbocycles. The second-order valence-electron chi connectivity index (χ2n) is 5.48. The Morgan fingerprint density at radius 3 is 3.05 bits per heavy atom. The summed E-state index contributed by atoms with van der Waals surface area (Å²) < 4.78 is 9.97. The Hall–Kier alpha value is -1.47. The van der Waals surface area contributed by atoms with Crippen LogP contribution < -0.4 is 5.32 Å². The van der Waals surface area contributed by atoms with E-state index in [4.69, 9.17) is 9.26 Å². The van der Waals surface area contributed by atoms with Gasteiger partial charge in [-0.05, 0) is 19.4 Å². The summed E-state index contributed by atoms with van der Waals surface area (Å²) in [5.74, 6) is 1.21. The Kier molecular flexibility index (Phi) is 3.98. The van der Waals surface area contributed by atoms with E-state index in [2.05, 4.69) is 20.4 Å². The topological polar surface area (TPSA) is 80.5 Å². The molecule has 0 unspecified atom stereocenters. The highest BCUT2D eigenvalue weighted by Gasteiger charge is 2.30. The fourth-order valence-corrected chi connectivity index (χ4v) is 2.87. The van der Waals surface area contributed by atoms with E-state index in [9.17, 15) is 4.79 Å². The maximum Gasteiger partial charge on any atom is 0.323 e. The van der Waals surface area contributed by atoms with E-state index in [-0.39, 0.29) is 12.0 Å². The number of cyclic esters (lactones) is 1. The van der Waals surface area contributed by atoms with E-state index in [0.29, 0.717) is 25.1 Å². The van der Waals surface area contributed by atoms with E-state index in [1.165, 1.54) is 0 Å². The van der Waals surface area contributed by atoms with Gasteiger partial charge in [0.05, 0.1) is 13.2 Å². The quantitative estimate of drug-likeness (QED) is 0.792. The molecule has 7 heteroatoms. The van der Waals surface area contributed by atoms with Gasteiger partial charge in [0, 0.05) is 25.9 Å². The summed E-state index contributed by atoms with van der Waals surface area (Å²) in [5, 5.41) is 7.34. The van der Waals surface area contributed by atoms with E-state index in [1.54, 1.807) is 6.92 Å². The maximum atomic E-state index is 11.5. The van der Waals surface area contributed by atoms with Crippen LogP contribution in [-0.4, -0.2) is 52.8 Å². The first kappa shape index (κ1) is 13.5. The normalized spacial score (nSPS) is 27.8. The summed E-state index contributed by atoms with van der Waals surface area (Å²) in [6.07, 6.45) is 2.97. The Bertz CT molecular complexity index is 476. The summed E-state index contributed by atoms with van der Waals surface area (Å²) in [6.45, 7) is 4.96. The number of aromatic nitrogens is 2. The van der Waals surface area contributed by atoms with Crippen molar-refractivity contribution in [2.45, 2.75) is 44.8 Å². The molecule has 2 fully saturated rings. The minimum absolute atomic E-state index is 0.115. The number of esters is 1. The highest BCUT2D eigenvalue weighted by Crippen LogP contribution is 2.15. The zero-order valence-corrected chi connectivity index (χ0v) is 11.7. The maximum absolute atomic E-state index is 11.5. The molecular weight excluding hydrogens is 260 g/mol. The number of carbonyl (C=O) groups is 1. The van der Waals surface area contributed by atoms with Gasteiger partial charge in [-0.25, -0.2) is 0 Å². The first-order valence-electron chi connectivity index (χ1n) is 7.15. The highest BCUT2D eigenvalue weighted by molar-refractivity contribution is 5.77. The van der Waals surface area contributed by atoms with Gasteiger partial charge in [0.1, 0.15) is 6.04 Å². The van der Waals surface area contributed by atoms with Crippen LogP contribution in [0.2, 0.25) is 0 Å². The highest BCUT2D eigenvalue weighted by atomic mass is 16.5. The van der Waals surface area contributed by atoms with Gasteiger partial charge in [-0.2, -0.15) is 4.98 Å². The first-order valence-corrected chi connectivity index (χ1v) is 7.15. The van der Waals surface area contributed by atoms with E-state index in [1.807, 2.05) is 0 Å². The minimum atomic E-state index is -0.132. The van der Waals surface area contributed by atoms with Crippen molar-refractivity contribution in [3.05, 3.63) is 11.7 Å². The molecule has 0 bridgehead atoms. The average Bonchev–Trinajstić information content (AvgIpc) is 3.00. The summed E-state index contributed by atoms with van der Waals surface area (Å²) in [4.78, 5) is 18.0. The van der Waals surface area contributed by atoms with Gasteiger partial charge in [0.15, 0.2) is 5.82 Å². The van der Waals surface area contributed by atoms with Gasteiger partial charge >= 0.3 is 5.97 Å². The second kappa shape index (κ2) is 5.88. The Morgan fingerprint density at radius 2 is 2.35 bits per heavy atom. The van der Waals surface area contributed by atoms with E-state index < -0.39 is 0 Å². The van der Waals surface area contributed by atoms with Crippen molar-refractivity contribution >= 4 is 5.97 Å². The van der Waals surface area contributed by atoms with Gasteiger partial charge in [-0.15, -0.1) is 0 Å². The molecule has 2 atom stereocenters. The van der Waals surface area contributed by atoms with Gasteiger partial charge in [-0.1, -0.05) is 5.16 Å². The van der Waals surface area contributed by atoms with Crippen molar-refractivity contribution in [2.75, 3.05) is 19.7 Å². The number of rotatable bonds is 4. The average molecular weight is 280 g/mol. The zero-order valence-electron chi connectivity index (χ0n) is 11.7. The molecule has 2 saturated heterocycles. The summed E-state index contributed by atoms with van der Waals surface area (Å²) in [5.41, 5.74) is 0. The molecular formula is C13H20N4O3. The van der Waals surface area contributed by atoms with Crippen molar-refractivity contribution in [1.29, 1.82) is 0 Å². The van der Waals surface area contributed by atoms with Gasteiger partial charge in [0.25, 0.3) is 0 Å². The lowest BCUT2D eigenvalue weighted by Crippen LogP contribution is -2.50. The largest absolute Gasteiger partial charge is 0.464 e. The van der Waals surface area contributed by atoms with Crippen LogP contribution in [0, 0.1) is 6.92 Å². The number of nitrogens with zero attached hydrogens (tertiary/aromatic N) is 3. The van der Waals surface area contributed by atoms with Crippen LogP contribution in [0.1, 0.15) is 31.0 Å². The molecule has 3 heterocycles. The number of aryl methyl sites for hydroxylation is 1. The van der Waals surface area contributed by atoms with Crippen LogP contribution in [0.5, 0.6) is 0 Å². The smallest absolute Gasteiger partial charge is 0.323 e. The van der Waals surface area contributed by atoms with Crippen LogP contribution in [0.4, 0.5) is 0 Å². The number of piperidine rings is 1. The molecule has 0 radical (unpaired) electrons. The Labute approximate surface area is 117 Å². The molecule has 2 aliphatic heterocycles. The third-order valence-electron chi connectivity index (χ3n) is 3.81. The van der Waals surface area contributed by atoms with Gasteiger partial charge in [-0.3, -0.25) is 9.69 Å². The standard InChI is InChI=1S/C13H20N4O3/c1-9-14-12(16-20-9)8-17-5-2-3-10(7-17)15-11-4-6-19-13(11)18/h10-11,15H,2-8H2,1H3/t10-,11+/m1/s1. The molecule has 1 aromatic rings. The predicted octanol–water partition coefficient (Wildman–Crippen LogP) is 0.248. The summed E-state index contributed by atoms with van der Waals surface area (Å²) in [6, 6.07) is 0.194. The molecule has 20 heavy (non-hydrogen) atoms. The number of hydrogen-bond donors (Lipinski definition) is 1. The van der Waals surface area contributed by atoms with Crippen LogP contribution in [0.25, 0.3) is 0 Å². The number of likely N-dealkylation sites (tertiary alicyclic amines) is 1. The van der Waals surface area contributed by atoms with Crippen LogP contribution in [0.3, 0.4) is 0 Å². The number of hydrogen-bond acceptors (Lipinski definition) is 7. The lowest BCUT2D eigenvalue weighted by molar-refractivity contribution is -0.139. The predicted molar refractivity (Wildman–Crippen MR) is 69.8 cm³/mol. The molecule has 0 spiro atoms. The fourth-order valence-electron chi connectivity index (χ4n) is 2.87.